The van der Waals surface area contributed by atoms with Crippen LogP contribution in [0.15, 0.2) is 18.2 Å². The van der Waals surface area contributed by atoms with Crippen molar-refractivity contribution in [3.63, 3.8) is 0 Å². The third-order valence-electron chi connectivity index (χ3n) is 2.52. The smallest absolute Gasteiger partial charge is 0.397 e. The third-order valence-corrected chi connectivity index (χ3v) is 2.52. The molecule has 1 rings (SSSR count). The van der Waals surface area contributed by atoms with E-state index in [4.69, 9.17) is 5.73 Å². The van der Waals surface area contributed by atoms with E-state index in [1.54, 1.807) is 14.0 Å². The Labute approximate surface area is 109 Å². The Morgan fingerprint density at radius 2 is 2.05 bits per heavy atom. The number of rotatable bonds is 4. The maximum atomic E-state index is 12.5. The number of likely N-dealkylation sites (N-methyl/N-ethyl adjacent to an activating group) is 2. The van der Waals surface area contributed by atoms with E-state index in [1.165, 1.54) is 11.0 Å². The van der Waals surface area contributed by atoms with Crippen molar-refractivity contribution in [3.8, 4) is 0 Å². The molecule has 0 atom stereocenters. The Hall–Kier alpha value is -1.92. The van der Waals surface area contributed by atoms with Crippen LogP contribution in [0.3, 0.4) is 0 Å². The summed E-state index contributed by atoms with van der Waals surface area (Å²) in [6.07, 6.45) is -4.43. The first-order chi connectivity index (χ1) is 8.75. The van der Waals surface area contributed by atoms with Crippen molar-refractivity contribution in [1.82, 2.24) is 5.32 Å². The van der Waals surface area contributed by atoms with Crippen LogP contribution in [-0.2, 0) is 11.0 Å². The van der Waals surface area contributed by atoms with Crippen LogP contribution in [0, 0.1) is 0 Å². The molecule has 0 aliphatic carbocycles. The van der Waals surface area contributed by atoms with Crippen LogP contribution in [0.2, 0.25) is 0 Å². The second-order valence-corrected chi connectivity index (χ2v) is 4.08. The van der Waals surface area contributed by atoms with E-state index in [0.717, 1.165) is 12.1 Å². The van der Waals surface area contributed by atoms with E-state index in [-0.39, 0.29) is 18.1 Å². The summed E-state index contributed by atoms with van der Waals surface area (Å²) >= 11 is 0. The SMILES string of the molecule is CCNC(=O)CN(C)c1ccc(C(F)(F)F)cc1N. The summed E-state index contributed by atoms with van der Waals surface area (Å²) in [6, 6.07) is 3.07. The predicted octanol–water partition coefficient (Wildman–Crippen LogP) is 1.86. The highest BCUT2D eigenvalue weighted by Crippen LogP contribution is 2.33. The zero-order valence-electron chi connectivity index (χ0n) is 10.7. The van der Waals surface area contributed by atoms with Crippen molar-refractivity contribution in [2.45, 2.75) is 13.1 Å². The fourth-order valence-corrected chi connectivity index (χ4v) is 1.63. The van der Waals surface area contributed by atoms with Crippen LogP contribution < -0.4 is 16.0 Å². The number of nitrogens with zero attached hydrogens (tertiary/aromatic N) is 1. The molecule has 0 radical (unpaired) electrons. The average Bonchev–Trinajstić information content (AvgIpc) is 2.27. The number of alkyl halides is 3. The van der Waals surface area contributed by atoms with Crippen molar-refractivity contribution in [3.05, 3.63) is 23.8 Å². The lowest BCUT2D eigenvalue weighted by Crippen LogP contribution is -2.35. The van der Waals surface area contributed by atoms with Gasteiger partial charge in [0, 0.05) is 13.6 Å². The van der Waals surface area contributed by atoms with Crippen molar-refractivity contribution in [2.24, 2.45) is 0 Å². The van der Waals surface area contributed by atoms with Crippen LogP contribution >= 0.6 is 0 Å². The predicted molar refractivity (Wildman–Crippen MR) is 67.8 cm³/mol. The van der Waals surface area contributed by atoms with Crippen LogP contribution in [0.25, 0.3) is 0 Å². The Bertz CT molecular complexity index is 460. The molecule has 19 heavy (non-hydrogen) atoms. The first kappa shape index (κ1) is 15.1. The standard InChI is InChI=1S/C12H16F3N3O/c1-3-17-11(19)7-18(2)10-5-4-8(6-9(10)16)12(13,14)15/h4-6H,3,7,16H2,1-2H3,(H,17,19). The fourth-order valence-electron chi connectivity index (χ4n) is 1.63. The third kappa shape index (κ3) is 4.04. The van der Waals surface area contributed by atoms with Gasteiger partial charge in [0.1, 0.15) is 0 Å². The molecule has 4 nitrogen and oxygen atoms in total. The molecule has 1 aromatic rings. The maximum Gasteiger partial charge on any atom is 0.416 e. The molecule has 0 saturated carbocycles. The highest BCUT2D eigenvalue weighted by molar-refractivity contribution is 5.82. The number of anilines is 2. The number of carbonyl (C=O) groups excluding carboxylic acids is 1. The van der Waals surface area contributed by atoms with Crippen LogP contribution in [-0.4, -0.2) is 26.0 Å². The summed E-state index contributed by atoms with van der Waals surface area (Å²) in [4.78, 5) is 12.9. The van der Waals surface area contributed by atoms with E-state index in [9.17, 15) is 18.0 Å². The zero-order valence-corrected chi connectivity index (χ0v) is 10.7. The van der Waals surface area contributed by atoms with E-state index < -0.39 is 11.7 Å². The van der Waals surface area contributed by atoms with Gasteiger partial charge in [0.25, 0.3) is 0 Å². The van der Waals surface area contributed by atoms with Gasteiger partial charge >= 0.3 is 6.18 Å². The number of hydrogen-bond donors (Lipinski definition) is 2. The van der Waals surface area contributed by atoms with Gasteiger partial charge in [-0.1, -0.05) is 0 Å². The summed E-state index contributed by atoms with van der Waals surface area (Å²) in [5.74, 6) is -0.218. The lowest BCUT2D eigenvalue weighted by atomic mass is 10.1. The molecule has 7 heteroatoms. The molecule has 0 aromatic heterocycles. The summed E-state index contributed by atoms with van der Waals surface area (Å²) in [6.45, 7) is 2.31. The lowest BCUT2D eigenvalue weighted by molar-refractivity contribution is -0.137. The quantitative estimate of drug-likeness (QED) is 0.825. The normalized spacial score (nSPS) is 11.2. The van der Waals surface area contributed by atoms with Gasteiger partial charge in [0.2, 0.25) is 5.91 Å². The van der Waals surface area contributed by atoms with E-state index >= 15 is 0 Å². The number of nitrogens with two attached hydrogens (primary N) is 1. The first-order valence-electron chi connectivity index (χ1n) is 5.70. The minimum absolute atomic E-state index is 0.0124. The number of hydrogen-bond acceptors (Lipinski definition) is 3. The molecule has 0 aliphatic rings. The number of nitrogen functional groups attached to an aromatic ring is 1. The van der Waals surface area contributed by atoms with E-state index in [1.807, 2.05) is 0 Å². The van der Waals surface area contributed by atoms with E-state index in [2.05, 4.69) is 5.32 Å². The van der Waals surface area contributed by atoms with Crippen LogP contribution in [0.5, 0.6) is 0 Å². The highest BCUT2D eigenvalue weighted by atomic mass is 19.4. The molecule has 0 aliphatic heterocycles. The molecule has 3 N–H and O–H groups in total. The van der Waals surface area contributed by atoms with Crippen molar-refractivity contribution in [1.29, 1.82) is 0 Å². The Morgan fingerprint density at radius 1 is 1.42 bits per heavy atom. The molecule has 0 heterocycles. The number of benzene rings is 1. The molecular weight excluding hydrogens is 259 g/mol. The zero-order chi connectivity index (χ0) is 14.6. The second kappa shape index (κ2) is 5.81. The van der Waals surface area contributed by atoms with Crippen molar-refractivity contribution in [2.75, 3.05) is 30.8 Å². The minimum Gasteiger partial charge on any atom is -0.397 e. The average molecular weight is 275 g/mol. The largest absolute Gasteiger partial charge is 0.416 e. The number of carbonyl (C=O) groups is 1. The van der Waals surface area contributed by atoms with Gasteiger partial charge < -0.3 is 16.0 Å². The molecule has 106 valence electrons. The molecular formula is C12H16F3N3O. The molecule has 1 aromatic carbocycles. The van der Waals surface area contributed by atoms with Crippen LogP contribution in [0.4, 0.5) is 24.5 Å². The monoisotopic (exact) mass is 275 g/mol. The van der Waals surface area contributed by atoms with Crippen molar-refractivity contribution < 1.29 is 18.0 Å². The molecule has 0 fully saturated rings. The van der Waals surface area contributed by atoms with Crippen molar-refractivity contribution >= 4 is 17.3 Å². The Morgan fingerprint density at radius 3 is 2.53 bits per heavy atom. The fraction of sp³-hybridized carbons (Fsp3) is 0.417. The molecule has 0 bridgehead atoms. The molecule has 1 amide bonds. The van der Waals surface area contributed by atoms with Gasteiger partial charge in [-0.2, -0.15) is 13.2 Å². The minimum atomic E-state index is -4.43. The topological polar surface area (TPSA) is 58.4 Å². The molecule has 0 unspecified atom stereocenters. The van der Waals surface area contributed by atoms with Gasteiger partial charge in [-0.05, 0) is 25.1 Å². The first-order valence-corrected chi connectivity index (χ1v) is 5.70. The molecule has 0 spiro atoms. The highest BCUT2D eigenvalue weighted by Gasteiger charge is 2.31. The van der Waals surface area contributed by atoms with E-state index in [0.29, 0.717) is 12.2 Å². The number of halogens is 3. The summed E-state index contributed by atoms with van der Waals surface area (Å²) in [5.41, 5.74) is 5.17. The summed E-state index contributed by atoms with van der Waals surface area (Å²) in [7, 11) is 1.59. The number of amides is 1. The summed E-state index contributed by atoms with van der Waals surface area (Å²) < 4.78 is 37.4. The summed E-state index contributed by atoms with van der Waals surface area (Å²) in [5, 5.41) is 2.60. The van der Waals surface area contributed by atoms with Gasteiger partial charge in [0.15, 0.2) is 0 Å². The van der Waals surface area contributed by atoms with Gasteiger partial charge in [-0.25, -0.2) is 0 Å². The van der Waals surface area contributed by atoms with Crippen LogP contribution in [0.1, 0.15) is 12.5 Å². The Balaban J connectivity index is 2.87. The lowest BCUT2D eigenvalue weighted by Gasteiger charge is -2.21. The molecule has 0 saturated heterocycles. The second-order valence-electron chi connectivity index (χ2n) is 4.08. The Kier molecular flexibility index (Phi) is 4.63. The van der Waals surface area contributed by atoms with Gasteiger partial charge in [-0.3, -0.25) is 4.79 Å². The van der Waals surface area contributed by atoms with Gasteiger partial charge in [0.05, 0.1) is 23.5 Å². The number of nitrogens with one attached hydrogen (secondary N) is 1. The maximum absolute atomic E-state index is 12.5. The van der Waals surface area contributed by atoms with Gasteiger partial charge in [-0.15, -0.1) is 0 Å².